The molecule has 7 nitrogen and oxygen atoms in total. The van der Waals surface area contributed by atoms with Crippen molar-refractivity contribution >= 4 is 28.4 Å². The molecular weight excluding hydrogens is 463 g/mol. The number of H-pyrrole nitrogens is 1. The summed E-state index contributed by atoms with van der Waals surface area (Å²) in [4.78, 5) is 31.1. The Labute approximate surface area is 206 Å². The van der Waals surface area contributed by atoms with Gasteiger partial charge in [-0.05, 0) is 53.9 Å². The maximum atomic E-state index is 14.1. The predicted molar refractivity (Wildman–Crippen MR) is 132 cm³/mol. The molecule has 1 amide bonds. The van der Waals surface area contributed by atoms with Gasteiger partial charge in [0.25, 0.3) is 11.7 Å². The number of nitrogens with one attached hydrogen (secondary N) is 1. The number of aliphatic hydroxyl groups is 1. The zero-order valence-corrected chi connectivity index (χ0v) is 19.4. The molecule has 1 saturated heterocycles. The van der Waals surface area contributed by atoms with Crippen LogP contribution in [0.3, 0.4) is 0 Å². The highest BCUT2D eigenvalue weighted by atomic mass is 19.1. The van der Waals surface area contributed by atoms with Crippen molar-refractivity contribution in [1.82, 2.24) is 9.88 Å². The standard InChI is InChI=1S/C28H23FN2O5/c1-36-23-11-8-18(29)14-21(23)26(33)24-25(16-6-9-19(32)10-7-16)31(28(35)27(24)34)13-12-17-15-30-22-5-3-2-4-20(17)22/h2-11,14-15,25,30,32-33H,12-13H2,1H3/b26-24+. The molecule has 5 rings (SSSR count). The third-order valence-electron chi connectivity index (χ3n) is 6.46. The number of aromatic amines is 1. The number of amides is 1. The van der Waals surface area contributed by atoms with Crippen molar-refractivity contribution in [3.05, 3.63) is 101 Å². The van der Waals surface area contributed by atoms with E-state index in [9.17, 15) is 24.2 Å². The summed E-state index contributed by atoms with van der Waals surface area (Å²) in [6.07, 6.45) is 2.32. The number of phenolic OH excluding ortho intramolecular Hbond substituents is 1. The van der Waals surface area contributed by atoms with E-state index in [1.807, 2.05) is 30.5 Å². The van der Waals surface area contributed by atoms with Gasteiger partial charge in [0.05, 0.1) is 24.3 Å². The number of hydrogen-bond donors (Lipinski definition) is 3. The number of Topliss-reactive ketones (excluding diaryl/α,β-unsaturated/α-hetero) is 1. The number of methoxy groups -OCH3 is 1. The number of aromatic nitrogens is 1. The average molecular weight is 486 g/mol. The molecule has 2 heterocycles. The fourth-order valence-electron chi connectivity index (χ4n) is 4.70. The smallest absolute Gasteiger partial charge is 0.295 e. The van der Waals surface area contributed by atoms with E-state index in [1.54, 1.807) is 12.1 Å². The van der Waals surface area contributed by atoms with E-state index in [4.69, 9.17) is 4.74 Å². The fraction of sp³-hybridized carbons (Fsp3) is 0.143. The molecule has 0 saturated carbocycles. The molecular formula is C28H23FN2O5. The van der Waals surface area contributed by atoms with Crippen molar-refractivity contribution in [2.24, 2.45) is 0 Å². The number of rotatable bonds is 6. The molecule has 0 aliphatic carbocycles. The summed E-state index contributed by atoms with van der Waals surface area (Å²) >= 11 is 0. The molecule has 0 bridgehead atoms. The Morgan fingerprint density at radius 2 is 1.83 bits per heavy atom. The molecule has 0 radical (unpaired) electrons. The second-order valence-electron chi connectivity index (χ2n) is 8.54. The molecule has 1 aliphatic heterocycles. The van der Waals surface area contributed by atoms with Gasteiger partial charge in [-0.1, -0.05) is 30.3 Å². The van der Waals surface area contributed by atoms with Crippen molar-refractivity contribution in [1.29, 1.82) is 0 Å². The highest BCUT2D eigenvalue weighted by molar-refractivity contribution is 6.46. The number of aromatic hydroxyl groups is 1. The molecule has 8 heteroatoms. The summed E-state index contributed by atoms with van der Waals surface area (Å²) in [5, 5.41) is 22.0. The number of phenols is 1. The lowest BCUT2D eigenvalue weighted by Crippen LogP contribution is -2.31. The van der Waals surface area contributed by atoms with Crippen LogP contribution in [0.4, 0.5) is 4.39 Å². The highest BCUT2D eigenvalue weighted by Crippen LogP contribution is 2.41. The Hall–Kier alpha value is -4.59. The van der Waals surface area contributed by atoms with Crippen LogP contribution in [0.25, 0.3) is 16.7 Å². The van der Waals surface area contributed by atoms with E-state index in [0.29, 0.717) is 12.0 Å². The van der Waals surface area contributed by atoms with Gasteiger partial charge in [0.2, 0.25) is 0 Å². The van der Waals surface area contributed by atoms with E-state index >= 15 is 0 Å². The number of likely N-dealkylation sites (tertiary alicyclic amines) is 1. The summed E-state index contributed by atoms with van der Waals surface area (Å²) < 4.78 is 19.3. The van der Waals surface area contributed by atoms with Crippen LogP contribution in [0, 0.1) is 5.82 Å². The average Bonchev–Trinajstić information content (AvgIpc) is 3.41. The molecule has 3 aromatic carbocycles. The number of carbonyl (C=O) groups excluding carboxylic acids is 2. The fourth-order valence-corrected chi connectivity index (χ4v) is 4.70. The Morgan fingerprint density at radius 3 is 2.58 bits per heavy atom. The second-order valence-corrected chi connectivity index (χ2v) is 8.54. The molecule has 1 aromatic heterocycles. The highest BCUT2D eigenvalue weighted by Gasteiger charge is 2.46. The minimum Gasteiger partial charge on any atom is -0.508 e. The first-order chi connectivity index (χ1) is 17.4. The van der Waals surface area contributed by atoms with Gasteiger partial charge in [0.15, 0.2) is 0 Å². The number of hydrogen-bond acceptors (Lipinski definition) is 5. The zero-order valence-electron chi connectivity index (χ0n) is 19.4. The van der Waals surface area contributed by atoms with Gasteiger partial charge in [-0.25, -0.2) is 4.39 Å². The van der Waals surface area contributed by atoms with Crippen molar-refractivity contribution in [2.45, 2.75) is 12.5 Å². The third kappa shape index (κ3) is 3.96. The van der Waals surface area contributed by atoms with Gasteiger partial charge in [-0.15, -0.1) is 0 Å². The number of fused-ring (bicyclic) bond motifs is 1. The van der Waals surface area contributed by atoms with E-state index in [2.05, 4.69) is 4.98 Å². The SMILES string of the molecule is COc1ccc(F)cc1/C(O)=C1\C(=O)C(=O)N(CCc2c[nH]c3ccccc23)C1c1ccc(O)cc1. The van der Waals surface area contributed by atoms with Crippen LogP contribution in [-0.2, 0) is 16.0 Å². The number of benzene rings is 3. The van der Waals surface area contributed by atoms with E-state index in [1.165, 1.54) is 36.3 Å². The number of para-hydroxylation sites is 1. The lowest BCUT2D eigenvalue weighted by molar-refractivity contribution is -0.139. The lowest BCUT2D eigenvalue weighted by atomic mass is 9.94. The summed E-state index contributed by atoms with van der Waals surface area (Å²) in [6, 6.07) is 16.5. The molecule has 1 fully saturated rings. The maximum absolute atomic E-state index is 14.1. The van der Waals surface area contributed by atoms with Crippen LogP contribution >= 0.6 is 0 Å². The molecule has 3 N–H and O–H groups in total. The van der Waals surface area contributed by atoms with E-state index in [-0.39, 0.29) is 29.2 Å². The number of halogens is 1. The summed E-state index contributed by atoms with van der Waals surface area (Å²) in [7, 11) is 1.36. The largest absolute Gasteiger partial charge is 0.508 e. The summed E-state index contributed by atoms with van der Waals surface area (Å²) in [6.45, 7) is 0.190. The van der Waals surface area contributed by atoms with Crippen LogP contribution in [0.1, 0.15) is 22.7 Å². The van der Waals surface area contributed by atoms with E-state index < -0.39 is 29.3 Å². The van der Waals surface area contributed by atoms with Gasteiger partial charge in [-0.2, -0.15) is 0 Å². The van der Waals surface area contributed by atoms with Crippen LogP contribution in [0.5, 0.6) is 11.5 Å². The number of ketones is 1. The monoisotopic (exact) mass is 486 g/mol. The number of aliphatic hydroxyl groups excluding tert-OH is 1. The lowest BCUT2D eigenvalue weighted by Gasteiger charge is -2.25. The first kappa shape index (κ1) is 23.2. The number of ether oxygens (including phenoxy) is 1. The van der Waals surface area contributed by atoms with Crippen molar-refractivity contribution in [3.8, 4) is 11.5 Å². The maximum Gasteiger partial charge on any atom is 0.295 e. The van der Waals surface area contributed by atoms with Crippen molar-refractivity contribution < 1.29 is 28.9 Å². The quantitative estimate of drug-likeness (QED) is 0.209. The molecule has 1 unspecified atom stereocenters. The molecule has 1 aliphatic rings. The number of nitrogens with zero attached hydrogens (tertiary/aromatic N) is 1. The molecule has 1 atom stereocenters. The Morgan fingerprint density at radius 1 is 1.08 bits per heavy atom. The van der Waals surface area contributed by atoms with E-state index in [0.717, 1.165) is 22.5 Å². The molecule has 182 valence electrons. The Bertz CT molecular complexity index is 1510. The predicted octanol–water partition coefficient (Wildman–Crippen LogP) is 4.69. The van der Waals surface area contributed by atoms with Gasteiger partial charge < -0.3 is 24.8 Å². The van der Waals surface area contributed by atoms with Crippen LogP contribution in [0.2, 0.25) is 0 Å². The minimum atomic E-state index is -0.941. The second kappa shape index (κ2) is 9.22. The number of carbonyl (C=O) groups is 2. The summed E-state index contributed by atoms with van der Waals surface area (Å²) in [5.41, 5.74) is 2.25. The minimum absolute atomic E-state index is 0.0151. The molecule has 0 spiro atoms. The van der Waals surface area contributed by atoms with Gasteiger partial charge in [0, 0.05) is 23.6 Å². The Kier molecular flexibility index (Phi) is 5.93. The van der Waals surface area contributed by atoms with Crippen molar-refractivity contribution in [2.75, 3.05) is 13.7 Å². The molecule has 36 heavy (non-hydrogen) atoms. The topological polar surface area (TPSA) is 103 Å². The Balaban J connectivity index is 1.60. The van der Waals surface area contributed by atoms with Crippen LogP contribution in [-0.4, -0.2) is 45.4 Å². The third-order valence-corrected chi connectivity index (χ3v) is 6.46. The van der Waals surface area contributed by atoms with Gasteiger partial charge in [0.1, 0.15) is 23.1 Å². The first-order valence-electron chi connectivity index (χ1n) is 11.3. The van der Waals surface area contributed by atoms with Gasteiger partial charge in [-0.3, -0.25) is 9.59 Å². The molecule has 4 aromatic rings. The van der Waals surface area contributed by atoms with Crippen LogP contribution < -0.4 is 4.74 Å². The summed E-state index contributed by atoms with van der Waals surface area (Å²) in [5.74, 6) is -2.64. The van der Waals surface area contributed by atoms with Crippen LogP contribution in [0.15, 0.2) is 78.5 Å². The first-order valence-corrected chi connectivity index (χ1v) is 11.3. The van der Waals surface area contributed by atoms with Gasteiger partial charge >= 0.3 is 0 Å². The normalized spacial score (nSPS) is 17.2. The van der Waals surface area contributed by atoms with Crippen molar-refractivity contribution in [3.63, 3.8) is 0 Å². The zero-order chi connectivity index (χ0) is 25.4.